The van der Waals surface area contributed by atoms with Crippen LogP contribution < -0.4 is 11.3 Å². The highest BCUT2D eigenvalue weighted by atomic mass is 16.3. The van der Waals surface area contributed by atoms with Crippen LogP contribution >= 0.6 is 0 Å². The summed E-state index contributed by atoms with van der Waals surface area (Å²) in [6, 6.07) is 10.1. The molecule has 0 saturated heterocycles. The van der Waals surface area contributed by atoms with Gasteiger partial charge in [-0.1, -0.05) is 31.2 Å². The number of aliphatic hydroxyl groups is 1. The fourth-order valence-electron chi connectivity index (χ4n) is 2.53. The molecule has 21 heavy (non-hydrogen) atoms. The zero-order valence-corrected chi connectivity index (χ0v) is 12.6. The van der Waals surface area contributed by atoms with Crippen LogP contribution in [0.3, 0.4) is 0 Å². The molecule has 0 fully saturated rings. The summed E-state index contributed by atoms with van der Waals surface area (Å²) in [6.07, 6.45) is 0.981. The number of hydrogen-bond donors (Lipinski definition) is 2. The molecule has 112 valence electrons. The second-order valence-corrected chi connectivity index (χ2v) is 5.13. The molecule has 2 aromatic rings. The van der Waals surface area contributed by atoms with Gasteiger partial charge in [-0.05, 0) is 36.1 Å². The van der Waals surface area contributed by atoms with Crippen molar-refractivity contribution in [2.24, 2.45) is 5.73 Å². The monoisotopic (exact) mass is 286 g/mol. The Labute approximate surface area is 124 Å². The highest BCUT2D eigenvalue weighted by Gasteiger charge is 2.12. The lowest BCUT2D eigenvalue weighted by Gasteiger charge is -2.16. The first-order valence-corrected chi connectivity index (χ1v) is 7.25. The van der Waals surface area contributed by atoms with Gasteiger partial charge in [-0.3, -0.25) is 4.79 Å². The van der Waals surface area contributed by atoms with Crippen LogP contribution in [0.25, 0.3) is 11.3 Å². The average molecular weight is 286 g/mol. The van der Waals surface area contributed by atoms with Crippen molar-refractivity contribution in [1.29, 1.82) is 0 Å². The van der Waals surface area contributed by atoms with Gasteiger partial charge in [-0.25, -0.2) is 0 Å². The normalized spacial score (nSPS) is 10.9. The van der Waals surface area contributed by atoms with Gasteiger partial charge in [0.2, 0.25) is 0 Å². The van der Waals surface area contributed by atoms with Gasteiger partial charge in [0.15, 0.2) is 0 Å². The third-order valence-corrected chi connectivity index (χ3v) is 3.81. The number of aliphatic hydroxyl groups excluding tert-OH is 1. The second-order valence-electron chi connectivity index (χ2n) is 5.13. The third-order valence-electron chi connectivity index (χ3n) is 3.81. The summed E-state index contributed by atoms with van der Waals surface area (Å²) in [7, 11) is 0. The summed E-state index contributed by atoms with van der Waals surface area (Å²) in [4.78, 5) is 12.5. The van der Waals surface area contributed by atoms with Crippen molar-refractivity contribution in [1.82, 2.24) is 4.57 Å². The van der Waals surface area contributed by atoms with Crippen LogP contribution in [0, 0.1) is 6.92 Å². The van der Waals surface area contributed by atoms with Gasteiger partial charge in [0.25, 0.3) is 5.56 Å². The highest BCUT2D eigenvalue weighted by Crippen LogP contribution is 2.21. The summed E-state index contributed by atoms with van der Waals surface area (Å²) in [5, 5.41) is 9.24. The van der Waals surface area contributed by atoms with E-state index in [0.29, 0.717) is 5.56 Å². The van der Waals surface area contributed by atoms with Crippen LogP contribution in [0.15, 0.2) is 35.1 Å². The minimum Gasteiger partial charge on any atom is -0.395 e. The quantitative estimate of drug-likeness (QED) is 0.881. The number of rotatable bonds is 5. The molecule has 0 bridgehead atoms. The predicted octanol–water partition coefficient (Wildman–Crippen LogP) is 1.84. The van der Waals surface area contributed by atoms with Crippen LogP contribution in [0.1, 0.15) is 23.6 Å². The lowest BCUT2D eigenvalue weighted by molar-refractivity contribution is 0.274. The summed E-state index contributed by atoms with van der Waals surface area (Å²) < 4.78 is 1.61. The molecular formula is C17H22N2O2. The Kier molecular flexibility index (Phi) is 4.94. The van der Waals surface area contributed by atoms with Crippen LogP contribution in [0.2, 0.25) is 0 Å². The number of pyridine rings is 1. The van der Waals surface area contributed by atoms with Crippen molar-refractivity contribution >= 4 is 0 Å². The van der Waals surface area contributed by atoms with Crippen molar-refractivity contribution in [2.75, 3.05) is 6.61 Å². The Balaban J connectivity index is 2.63. The summed E-state index contributed by atoms with van der Waals surface area (Å²) in [5.74, 6) is 0. The average Bonchev–Trinajstić information content (AvgIpc) is 2.50. The molecule has 1 heterocycles. The molecule has 0 amide bonds. The van der Waals surface area contributed by atoms with Gasteiger partial charge in [0.1, 0.15) is 0 Å². The molecule has 0 radical (unpaired) electrons. The molecule has 4 heteroatoms. The number of aryl methyl sites for hydroxylation is 2. The third kappa shape index (κ3) is 3.06. The van der Waals surface area contributed by atoms with E-state index in [1.54, 1.807) is 4.57 Å². The fourth-order valence-corrected chi connectivity index (χ4v) is 2.53. The molecule has 2 rings (SSSR count). The maximum atomic E-state index is 12.5. The first kappa shape index (κ1) is 15.5. The van der Waals surface area contributed by atoms with Gasteiger partial charge in [-0.15, -0.1) is 0 Å². The second kappa shape index (κ2) is 6.70. The smallest absolute Gasteiger partial charge is 0.255 e. The number of nitrogens with zero attached hydrogens (tertiary/aromatic N) is 1. The van der Waals surface area contributed by atoms with Gasteiger partial charge in [0, 0.05) is 18.7 Å². The largest absolute Gasteiger partial charge is 0.395 e. The molecule has 0 saturated carbocycles. The number of nitrogens with two attached hydrogens (primary N) is 1. The minimum atomic E-state index is -0.110. The lowest BCUT2D eigenvalue weighted by atomic mass is 10.0. The van der Waals surface area contributed by atoms with E-state index in [1.807, 2.05) is 25.1 Å². The van der Waals surface area contributed by atoms with Crippen LogP contribution in [0.5, 0.6) is 0 Å². The Hall–Kier alpha value is -1.91. The van der Waals surface area contributed by atoms with E-state index in [0.717, 1.165) is 23.2 Å². The van der Waals surface area contributed by atoms with Gasteiger partial charge in [-0.2, -0.15) is 0 Å². The zero-order valence-electron chi connectivity index (χ0n) is 12.6. The predicted molar refractivity (Wildman–Crippen MR) is 85.2 cm³/mol. The van der Waals surface area contributed by atoms with Crippen molar-refractivity contribution in [3.8, 4) is 11.3 Å². The van der Waals surface area contributed by atoms with E-state index in [2.05, 4.69) is 19.1 Å². The van der Waals surface area contributed by atoms with Crippen LogP contribution in [-0.4, -0.2) is 16.3 Å². The van der Waals surface area contributed by atoms with Crippen molar-refractivity contribution in [2.45, 2.75) is 33.4 Å². The number of hydrogen-bond acceptors (Lipinski definition) is 3. The highest BCUT2D eigenvalue weighted by molar-refractivity contribution is 5.61. The topological polar surface area (TPSA) is 68.2 Å². The van der Waals surface area contributed by atoms with Gasteiger partial charge in [0.05, 0.1) is 12.3 Å². The first-order chi connectivity index (χ1) is 10.1. The van der Waals surface area contributed by atoms with Crippen molar-refractivity contribution in [3.63, 3.8) is 0 Å². The SMILES string of the molecule is CCc1ccc(-c2cc(C)c(CN)c(=O)n2CCO)cc1. The number of aromatic nitrogens is 1. The van der Waals surface area contributed by atoms with Crippen LogP contribution in [0.4, 0.5) is 0 Å². The number of benzene rings is 1. The molecule has 1 aromatic heterocycles. The zero-order chi connectivity index (χ0) is 15.4. The molecular weight excluding hydrogens is 264 g/mol. The van der Waals surface area contributed by atoms with Crippen molar-refractivity contribution < 1.29 is 5.11 Å². The Morgan fingerprint density at radius 1 is 1.24 bits per heavy atom. The Bertz CT molecular complexity index is 672. The maximum absolute atomic E-state index is 12.5. The maximum Gasteiger partial charge on any atom is 0.255 e. The van der Waals surface area contributed by atoms with E-state index in [9.17, 15) is 9.90 Å². The van der Waals surface area contributed by atoms with Gasteiger partial charge >= 0.3 is 0 Å². The Morgan fingerprint density at radius 3 is 2.43 bits per heavy atom. The molecule has 0 aliphatic heterocycles. The van der Waals surface area contributed by atoms with Gasteiger partial charge < -0.3 is 15.4 Å². The summed E-state index contributed by atoms with van der Waals surface area (Å²) in [6.45, 7) is 4.42. The Morgan fingerprint density at radius 2 is 1.90 bits per heavy atom. The molecule has 4 nitrogen and oxygen atoms in total. The van der Waals surface area contributed by atoms with Crippen molar-refractivity contribution in [3.05, 3.63) is 57.4 Å². The van der Waals surface area contributed by atoms with Crippen LogP contribution in [-0.2, 0) is 19.5 Å². The van der Waals surface area contributed by atoms with E-state index in [-0.39, 0.29) is 25.3 Å². The van der Waals surface area contributed by atoms with E-state index < -0.39 is 0 Å². The molecule has 0 aliphatic rings. The van der Waals surface area contributed by atoms with E-state index >= 15 is 0 Å². The minimum absolute atomic E-state index is 0.0764. The first-order valence-electron chi connectivity index (χ1n) is 7.25. The van der Waals surface area contributed by atoms with E-state index in [1.165, 1.54) is 5.56 Å². The summed E-state index contributed by atoms with van der Waals surface area (Å²) >= 11 is 0. The fraction of sp³-hybridized carbons (Fsp3) is 0.353. The lowest BCUT2D eigenvalue weighted by Crippen LogP contribution is -2.29. The molecule has 0 spiro atoms. The standard InChI is InChI=1S/C17H22N2O2/c1-3-13-4-6-14(7-5-13)16-10-12(2)15(11-18)17(21)19(16)8-9-20/h4-7,10,20H,3,8-9,11,18H2,1-2H3. The molecule has 0 atom stereocenters. The van der Waals surface area contributed by atoms with E-state index in [4.69, 9.17) is 5.73 Å². The molecule has 0 unspecified atom stereocenters. The molecule has 1 aromatic carbocycles. The molecule has 0 aliphatic carbocycles. The molecule has 3 N–H and O–H groups in total. The summed E-state index contributed by atoms with van der Waals surface area (Å²) in [5.41, 5.74) is 10.1.